The first kappa shape index (κ1) is 14.5. The second kappa shape index (κ2) is 5.85. The van der Waals surface area contributed by atoms with Crippen LogP contribution in [-0.2, 0) is 6.54 Å². The maximum atomic E-state index is 9.31. The van der Waals surface area contributed by atoms with Gasteiger partial charge in [-0.15, -0.1) is 0 Å². The van der Waals surface area contributed by atoms with Crippen LogP contribution in [0.15, 0.2) is 22.7 Å². The third kappa shape index (κ3) is 3.69. The molecule has 0 aromatic heterocycles. The smallest absolute Gasteiger partial charge is 0.133 e. The average molecular weight is 302 g/mol. The maximum absolute atomic E-state index is 9.31. The van der Waals surface area contributed by atoms with E-state index in [1.54, 1.807) is 7.11 Å². The number of nitrogens with zero attached hydrogens (tertiary/aromatic N) is 1. The molecule has 1 rings (SSSR count). The summed E-state index contributed by atoms with van der Waals surface area (Å²) in [6.45, 7) is 4.97. The van der Waals surface area contributed by atoms with Crippen molar-refractivity contribution in [2.75, 3.05) is 20.8 Å². The Balaban J connectivity index is 2.79. The third-order valence-corrected chi connectivity index (χ3v) is 3.68. The number of ether oxygens (including phenoxy) is 1. The third-order valence-electron chi connectivity index (χ3n) is 3.06. The van der Waals surface area contributed by atoms with E-state index in [4.69, 9.17) is 4.74 Å². The number of aliphatic hydroxyl groups is 1. The van der Waals surface area contributed by atoms with Crippen LogP contribution < -0.4 is 4.74 Å². The Kier molecular flexibility index (Phi) is 4.98. The van der Waals surface area contributed by atoms with Gasteiger partial charge in [-0.3, -0.25) is 4.90 Å². The first-order valence-electron chi connectivity index (χ1n) is 5.55. The summed E-state index contributed by atoms with van der Waals surface area (Å²) in [4.78, 5) is 2.13. The highest BCUT2D eigenvalue weighted by Crippen LogP contribution is 2.26. The van der Waals surface area contributed by atoms with Gasteiger partial charge >= 0.3 is 0 Å². The lowest BCUT2D eigenvalue weighted by Gasteiger charge is -2.34. The van der Waals surface area contributed by atoms with Crippen molar-refractivity contribution >= 4 is 15.9 Å². The fraction of sp³-hybridized carbons (Fsp3) is 0.538. The van der Waals surface area contributed by atoms with E-state index in [0.717, 1.165) is 16.8 Å². The summed E-state index contributed by atoms with van der Waals surface area (Å²) in [6.07, 6.45) is 0. The second-order valence-corrected chi connectivity index (χ2v) is 5.65. The van der Waals surface area contributed by atoms with Crippen LogP contribution in [0.4, 0.5) is 0 Å². The first-order chi connectivity index (χ1) is 7.90. The predicted molar refractivity (Wildman–Crippen MR) is 73.3 cm³/mol. The van der Waals surface area contributed by atoms with Gasteiger partial charge in [0.1, 0.15) is 5.75 Å². The quantitative estimate of drug-likeness (QED) is 0.907. The van der Waals surface area contributed by atoms with Crippen LogP contribution in [0.1, 0.15) is 19.4 Å². The van der Waals surface area contributed by atoms with Crippen molar-refractivity contribution in [3.63, 3.8) is 0 Å². The van der Waals surface area contributed by atoms with E-state index in [2.05, 4.69) is 20.8 Å². The van der Waals surface area contributed by atoms with Crippen molar-refractivity contribution in [1.29, 1.82) is 0 Å². The monoisotopic (exact) mass is 301 g/mol. The molecule has 0 saturated heterocycles. The SMILES string of the molecule is COc1ccc(CN(C)C(C)(C)CO)cc1Br. The molecular formula is C13H20BrNO2. The highest BCUT2D eigenvalue weighted by molar-refractivity contribution is 9.10. The molecule has 0 saturated carbocycles. The molecule has 0 amide bonds. The van der Waals surface area contributed by atoms with Gasteiger partial charge in [-0.2, -0.15) is 0 Å². The van der Waals surface area contributed by atoms with E-state index in [0.29, 0.717) is 0 Å². The zero-order valence-corrected chi connectivity index (χ0v) is 12.4. The second-order valence-electron chi connectivity index (χ2n) is 4.80. The molecule has 3 nitrogen and oxygen atoms in total. The highest BCUT2D eigenvalue weighted by Gasteiger charge is 2.22. The lowest BCUT2D eigenvalue weighted by atomic mass is 10.0. The van der Waals surface area contributed by atoms with Crippen molar-refractivity contribution < 1.29 is 9.84 Å². The Hall–Kier alpha value is -0.580. The number of hydrogen-bond donors (Lipinski definition) is 1. The lowest BCUT2D eigenvalue weighted by Crippen LogP contribution is -2.43. The van der Waals surface area contributed by atoms with Crippen molar-refractivity contribution in [1.82, 2.24) is 4.90 Å². The van der Waals surface area contributed by atoms with E-state index in [9.17, 15) is 5.11 Å². The van der Waals surface area contributed by atoms with Crippen LogP contribution in [0, 0.1) is 0 Å². The van der Waals surface area contributed by atoms with E-state index in [1.165, 1.54) is 5.56 Å². The van der Waals surface area contributed by atoms with E-state index < -0.39 is 0 Å². The van der Waals surface area contributed by atoms with Gasteiger partial charge in [0.05, 0.1) is 18.2 Å². The van der Waals surface area contributed by atoms with Gasteiger partial charge in [-0.05, 0) is 54.5 Å². The maximum Gasteiger partial charge on any atom is 0.133 e. The molecule has 0 spiro atoms. The molecule has 17 heavy (non-hydrogen) atoms. The van der Waals surface area contributed by atoms with Crippen molar-refractivity contribution in [2.45, 2.75) is 25.9 Å². The summed E-state index contributed by atoms with van der Waals surface area (Å²) in [7, 11) is 3.66. The molecule has 0 unspecified atom stereocenters. The minimum atomic E-state index is -0.216. The van der Waals surface area contributed by atoms with E-state index >= 15 is 0 Å². The molecule has 0 aliphatic heterocycles. The summed E-state index contributed by atoms with van der Waals surface area (Å²) >= 11 is 3.47. The zero-order valence-electron chi connectivity index (χ0n) is 10.8. The zero-order chi connectivity index (χ0) is 13.1. The molecule has 0 aliphatic rings. The van der Waals surface area contributed by atoms with Gasteiger partial charge in [-0.1, -0.05) is 6.07 Å². The minimum Gasteiger partial charge on any atom is -0.496 e. The molecule has 1 N–H and O–H groups in total. The largest absolute Gasteiger partial charge is 0.496 e. The fourth-order valence-electron chi connectivity index (χ4n) is 1.42. The minimum absolute atomic E-state index is 0.140. The first-order valence-corrected chi connectivity index (χ1v) is 6.34. The average Bonchev–Trinajstić information content (AvgIpc) is 2.29. The Morgan fingerprint density at radius 2 is 2.06 bits per heavy atom. The number of hydrogen-bond acceptors (Lipinski definition) is 3. The highest BCUT2D eigenvalue weighted by atomic mass is 79.9. The molecule has 0 radical (unpaired) electrons. The number of methoxy groups -OCH3 is 1. The summed E-state index contributed by atoms with van der Waals surface area (Å²) < 4.78 is 6.14. The Morgan fingerprint density at radius 3 is 2.53 bits per heavy atom. The molecule has 4 heteroatoms. The van der Waals surface area contributed by atoms with Crippen LogP contribution in [-0.4, -0.2) is 36.3 Å². The van der Waals surface area contributed by atoms with Gasteiger partial charge in [0.25, 0.3) is 0 Å². The lowest BCUT2D eigenvalue weighted by molar-refractivity contribution is 0.0734. The van der Waals surface area contributed by atoms with Crippen molar-refractivity contribution in [3.8, 4) is 5.75 Å². The fourth-order valence-corrected chi connectivity index (χ4v) is 2.00. The molecule has 0 bridgehead atoms. The number of benzene rings is 1. The van der Waals surface area contributed by atoms with Gasteiger partial charge in [0.2, 0.25) is 0 Å². The van der Waals surface area contributed by atoms with E-state index in [-0.39, 0.29) is 12.1 Å². The number of likely N-dealkylation sites (N-methyl/N-ethyl adjacent to an activating group) is 1. The molecule has 1 aromatic carbocycles. The standard InChI is InChI=1S/C13H20BrNO2/c1-13(2,9-16)15(3)8-10-5-6-12(17-4)11(14)7-10/h5-7,16H,8-9H2,1-4H3. The van der Waals surface area contributed by atoms with Crippen LogP contribution in [0.3, 0.4) is 0 Å². The molecule has 0 atom stereocenters. The van der Waals surface area contributed by atoms with Crippen LogP contribution in [0.5, 0.6) is 5.75 Å². The Morgan fingerprint density at radius 1 is 1.41 bits per heavy atom. The van der Waals surface area contributed by atoms with Crippen LogP contribution in [0.25, 0.3) is 0 Å². The topological polar surface area (TPSA) is 32.7 Å². The van der Waals surface area contributed by atoms with Gasteiger partial charge in [-0.25, -0.2) is 0 Å². The molecule has 0 heterocycles. The normalized spacial score (nSPS) is 11.9. The number of halogens is 1. The molecule has 0 aliphatic carbocycles. The number of aliphatic hydroxyl groups excluding tert-OH is 1. The summed E-state index contributed by atoms with van der Waals surface area (Å²) in [5.41, 5.74) is 0.966. The van der Waals surface area contributed by atoms with Crippen molar-refractivity contribution in [2.24, 2.45) is 0 Å². The Bertz CT molecular complexity index is 380. The van der Waals surface area contributed by atoms with Gasteiger partial charge in [0, 0.05) is 12.1 Å². The molecular weight excluding hydrogens is 282 g/mol. The van der Waals surface area contributed by atoms with Crippen LogP contribution in [0.2, 0.25) is 0 Å². The predicted octanol–water partition coefficient (Wildman–Crippen LogP) is 2.66. The summed E-state index contributed by atoms with van der Waals surface area (Å²) in [5, 5.41) is 9.31. The van der Waals surface area contributed by atoms with Crippen molar-refractivity contribution in [3.05, 3.63) is 28.2 Å². The molecule has 1 aromatic rings. The Labute approximate surface area is 112 Å². The molecule has 0 fully saturated rings. The van der Waals surface area contributed by atoms with Gasteiger partial charge in [0.15, 0.2) is 0 Å². The number of rotatable bonds is 5. The van der Waals surface area contributed by atoms with Gasteiger partial charge < -0.3 is 9.84 Å². The summed E-state index contributed by atoms with van der Waals surface area (Å²) in [6, 6.07) is 6.02. The molecule has 96 valence electrons. The van der Waals surface area contributed by atoms with Crippen LogP contribution >= 0.6 is 15.9 Å². The van der Waals surface area contributed by atoms with E-state index in [1.807, 2.05) is 39.1 Å². The summed E-state index contributed by atoms with van der Waals surface area (Å²) in [5.74, 6) is 0.831.